The molecule has 8 nitrogen and oxygen atoms in total. The van der Waals surface area contributed by atoms with Crippen molar-refractivity contribution in [2.75, 3.05) is 44.9 Å². The van der Waals surface area contributed by atoms with Crippen LogP contribution in [0.5, 0.6) is 0 Å². The number of anilines is 1. The lowest BCUT2D eigenvalue weighted by Crippen LogP contribution is -2.41. The summed E-state index contributed by atoms with van der Waals surface area (Å²) in [6.45, 7) is 2.44. The zero-order chi connectivity index (χ0) is 20.4. The lowest BCUT2D eigenvalue weighted by atomic mass is 10.00. The van der Waals surface area contributed by atoms with Gasteiger partial charge in [-0.25, -0.2) is 18.2 Å². The summed E-state index contributed by atoms with van der Waals surface area (Å²) in [5.74, 6) is -0.259. The average molecular weight is 417 g/mol. The maximum atomic E-state index is 13.4. The zero-order valence-electron chi connectivity index (χ0n) is 16.2. The first kappa shape index (κ1) is 19.8. The number of carbonyl (C=O) groups excluding carboxylic acids is 1. The molecule has 9 heteroatoms. The number of nitrogens with zero attached hydrogens (tertiary/aromatic N) is 3. The van der Waals surface area contributed by atoms with Gasteiger partial charge in [0.15, 0.2) is 0 Å². The number of benzene rings is 1. The van der Waals surface area contributed by atoms with Gasteiger partial charge in [0.2, 0.25) is 10.0 Å². The second-order valence-electron chi connectivity index (χ2n) is 6.99. The number of esters is 1. The smallest absolute Gasteiger partial charge is 0.339 e. The largest absolute Gasteiger partial charge is 0.465 e. The molecule has 1 aromatic heterocycles. The highest BCUT2D eigenvalue weighted by atomic mass is 32.2. The standard InChI is InChI=1S/C20H23N3O5S/c1-27-20(24)17-12-18(29(25,26)23-8-10-28-11-9-23)19(21-13-17)22-7-6-15-4-2-3-5-16(15)14-22/h2-5,12-13H,6-11,14H2,1H3. The van der Waals surface area contributed by atoms with Crippen molar-refractivity contribution in [2.24, 2.45) is 0 Å². The van der Waals surface area contributed by atoms with Crippen LogP contribution in [0.2, 0.25) is 0 Å². The molecule has 2 aliphatic rings. The van der Waals surface area contributed by atoms with Gasteiger partial charge >= 0.3 is 5.97 Å². The van der Waals surface area contributed by atoms with E-state index in [0.29, 0.717) is 32.1 Å². The molecule has 4 rings (SSSR count). The predicted molar refractivity (Wildman–Crippen MR) is 106 cm³/mol. The second kappa shape index (κ2) is 8.10. The molecule has 3 heterocycles. The third-order valence-electron chi connectivity index (χ3n) is 5.27. The van der Waals surface area contributed by atoms with Gasteiger partial charge in [-0.15, -0.1) is 0 Å². The van der Waals surface area contributed by atoms with E-state index in [-0.39, 0.29) is 23.5 Å². The van der Waals surface area contributed by atoms with Gasteiger partial charge in [-0.3, -0.25) is 0 Å². The molecule has 29 heavy (non-hydrogen) atoms. The summed E-state index contributed by atoms with van der Waals surface area (Å²) in [5, 5.41) is 0. The van der Waals surface area contributed by atoms with Gasteiger partial charge in [0.25, 0.3) is 0 Å². The highest BCUT2D eigenvalue weighted by Crippen LogP contribution is 2.31. The van der Waals surface area contributed by atoms with E-state index in [2.05, 4.69) is 11.1 Å². The number of ether oxygens (including phenoxy) is 2. The van der Waals surface area contributed by atoms with E-state index in [4.69, 9.17) is 9.47 Å². The van der Waals surface area contributed by atoms with Crippen molar-refractivity contribution in [3.05, 3.63) is 53.2 Å². The first-order valence-corrected chi connectivity index (χ1v) is 10.9. The van der Waals surface area contributed by atoms with Crippen molar-refractivity contribution in [2.45, 2.75) is 17.9 Å². The molecule has 1 fully saturated rings. The Labute approximate surface area is 170 Å². The summed E-state index contributed by atoms with van der Waals surface area (Å²) in [6, 6.07) is 9.49. The number of hydrogen-bond donors (Lipinski definition) is 0. The molecule has 0 aliphatic carbocycles. The van der Waals surface area contributed by atoms with Gasteiger partial charge in [0.1, 0.15) is 10.7 Å². The summed E-state index contributed by atoms with van der Waals surface area (Å²) >= 11 is 0. The quantitative estimate of drug-likeness (QED) is 0.696. The van der Waals surface area contributed by atoms with E-state index in [1.54, 1.807) is 0 Å². The monoisotopic (exact) mass is 417 g/mol. The van der Waals surface area contributed by atoms with Crippen LogP contribution in [-0.4, -0.2) is 63.6 Å². The first-order chi connectivity index (χ1) is 14.0. The van der Waals surface area contributed by atoms with Gasteiger partial charge in [-0.1, -0.05) is 24.3 Å². The molecule has 0 saturated carbocycles. The summed E-state index contributed by atoms with van der Waals surface area (Å²) in [7, 11) is -2.58. The predicted octanol–water partition coefficient (Wildman–Crippen LogP) is 1.45. The zero-order valence-corrected chi connectivity index (χ0v) is 17.0. The molecule has 0 bridgehead atoms. The van der Waals surface area contributed by atoms with Crippen LogP contribution >= 0.6 is 0 Å². The molecule has 0 spiro atoms. The fourth-order valence-electron chi connectivity index (χ4n) is 3.70. The van der Waals surface area contributed by atoms with Crippen LogP contribution in [0.3, 0.4) is 0 Å². The SMILES string of the molecule is COC(=O)c1cnc(N2CCc3ccccc3C2)c(S(=O)(=O)N2CCOCC2)c1. The van der Waals surface area contributed by atoms with Crippen LogP contribution < -0.4 is 4.90 Å². The maximum Gasteiger partial charge on any atom is 0.339 e. The molecule has 2 aliphatic heterocycles. The lowest BCUT2D eigenvalue weighted by Gasteiger charge is -2.32. The van der Waals surface area contributed by atoms with Crippen molar-refractivity contribution >= 4 is 21.8 Å². The molecule has 0 N–H and O–H groups in total. The number of aromatic nitrogens is 1. The van der Waals surface area contributed by atoms with Crippen molar-refractivity contribution in [3.63, 3.8) is 0 Å². The minimum absolute atomic E-state index is 0.0293. The van der Waals surface area contributed by atoms with Crippen molar-refractivity contribution < 1.29 is 22.7 Å². The second-order valence-corrected chi connectivity index (χ2v) is 8.90. The van der Waals surface area contributed by atoms with E-state index in [9.17, 15) is 13.2 Å². The molecule has 0 amide bonds. The Hall–Kier alpha value is -2.49. The van der Waals surface area contributed by atoms with Gasteiger partial charge in [0, 0.05) is 32.4 Å². The highest BCUT2D eigenvalue weighted by molar-refractivity contribution is 7.89. The van der Waals surface area contributed by atoms with Gasteiger partial charge in [-0.05, 0) is 23.6 Å². The third-order valence-corrected chi connectivity index (χ3v) is 7.17. The summed E-state index contributed by atoms with van der Waals surface area (Å²) in [4.78, 5) is 18.4. The Morgan fingerprint density at radius 3 is 2.59 bits per heavy atom. The van der Waals surface area contributed by atoms with Crippen molar-refractivity contribution in [3.8, 4) is 0 Å². The number of morpholine rings is 1. The molecule has 0 unspecified atom stereocenters. The van der Waals surface area contributed by atoms with Crippen LogP contribution in [0.25, 0.3) is 0 Å². The topological polar surface area (TPSA) is 89.0 Å². The van der Waals surface area contributed by atoms with E-state index >= 15 is 0 Å². The van der Waals surface area contributed by atoms with Crippen LogP contribution in [0, 0.1) is 0 Å². The van der Waals surface area contributed by atoms with Gasteiger partial charge < -0.3 is 14.4 Å². The van der Waals surface area contributed by atoms with Gasteiger partial charge in [0.05, 0.1) is 25.9 Å². The van der Waals surface area contributed by atoms with E-state index in [1.807, 2.05) is 23.1 Å². The maximum absolute atomic E-state index is 13.4. The molecular formula is C20H23N3O5S. The van der Waals surface area contributed by atoms with E-state index < -0.39 is 16.0 Å². The normalized spacial score (nSPS) is 17.6. The van der Waals surface area contributed by atoms with Crippen molar-refractivity contribution in [1.29, 1.82) is 0 Å². The Kier molecular flexibility index (Phi) is 5.53. The fraction of sp³-hybridized carbons (Fsp3) is 0.400. The average Bonchev–Trinajstić information content (AvgIpc) is 2.78. The summed E-state index contributed by atoms with van der Waals surface area (Å²) in [6.07, 6.45) is 2.17. The number of fused-ring (bicyclic) bond motifs is 1. The molecule has 0 radical (unpaired) electrons. The van der Waals surface area contributed by atoms with Crippen molar-refractivity contribution in [1.82, 2.24) is 9.29 Å². The molecular weight excluding hydrogens is 394 g/mol. The van der Waals surface area contributed by atoms with E-state index in [0.717, 1.165) is 12.0 Å². The third kappa shape index (κ3) is 3.85. The minimum atomic E-state index is -3.84. The molecule has 2 aromatic rings. The van der Waals surface area contributed by atoms with Crippen LogP contribution in [0.1, 0.15) is 21.5 Å². The number of hydrogen-bond acceptors (Lipinski definition) is 7. The molecule has 1 aromatic carbocycles. The minimum Gasteiger partial charge on any atom is -0.465 e. The Morgan fingerprint density at radius 2 is 1.86 bits per heavy atom. The summed E-state index contributed by atoms with van der Waals surface area (Å²) in [5.41, 5.74) is 2.51. The number of rotatable bonds is 4. The number of carbonyl (C=O) groups is 1. The Balaban J connectivity index is 1.76. The number of methoxy groups -OCH3 is 1. The van der Waals surface area contributed by atoms with Gasteiger partial charge in [-0.2, -0.15) is 4.31 Å². The van der Waals surface area contributed by atoms with Crippen LogP contribution in [0.15, 0.2) is 41.4 Å². The Morgan fingerprint density at radius 1 is 1.14 bits per heavy atom. The molecule has 1 saturated heterocycles. The first-order valence-electron chi connectivity index (χ1n) is 9.48. The Bertz CT molecular complexity index is 1020. The number of pyridine rings is 1. The fourth-order valence-corrected chi connectivity index (χ4v) is 5.29. The van der Waals surface area contributed by atoms with Crippen LogP contribution in [0.4, 0.5) is 5.82 Å². The molecule has 0 atom stereocenters. The van der Waals surface area contributed by atoms with Crippen LogP contribution in [-0.2, 0) is 32.5 Å². The van der Waals surface area contributed by atoms with E-state index in [1.165, 1.54) is 29.2 Å². The lowest BCUT2D eigenvalue weighted by molar-refractivity contribution is 0.0600. The highest BCUT2D eigenvalue weighted by Gasteiger charge is 2.33. The number of sulfonamides is 1. The molecule has 154 valence electrons. The summed E-state index contributed by atoms with van der Waals surface area (Å²) < 4.78 is 38.3.